The molecule has 0 aliphatic carbocycles. The van der Waals surface area contributed by atoms with Gasteiger partial charge in [-0.2, -0.15) is 0 Å². The number of likely N-dealkylation sites (N-methyl/N-ethyl adjacent to an activating group) is 1. The van der Waals surface area contributed by atoms with Crippen molar-refractivity contribution < 1.29 is 14.3 Å². The molecule has 0 unspecified atom stereocenters. The van der Waals surface area contributed by atoms with Crippen LogP contribution < -0.4 is 14.8 Å². The van der Waals surface area contributed by atoms with E-state index in [1.165, 1.54) is 0 Å². The van der Waals surface area contributed by atoms with Gasteiger partial charge in [-0.1, -0.05) is 43.0 Å². The minimum Gasteiger partial charge on any atom is -0.493 e. The van der Waals surface area contributed by atoms with Gasteiger partial charge < -0.3 is 19.7 Å². The molecule has 0 aromatic heterocycles. The van der Waals surface area contributed by atoms with Gasteiger partial charge in [0.1, 0.15) is 6.61 Å². The molecule has 7 heteroatoms. The summed E-state index contributed by atoms with van der Waals surface area (Å²) < 4.78 is 11.2. The Kier molecular flexibility index (Phi) is 9.14. The van der Waals surface area contributed by atoms with Gasteiger partial charge in [-0.25, -0.2) is 0 Å². The van der Waals surface area contributed by atoms with Crippen molar-refractivity contribution in [3.8, 4) is 23.3 Å². The predicted octanol–water partition coefficient (Wildman–Crippen LogP) is 4.71. The standard InChI is InChI=1S/C22H24Cl2N2O3/c1-4-26(5-2)12-13-29-20-10-9-18(15-21(20)28-3)25-22(27)11-7-16-6-8-17(23)14-19(16)24/h6,8-10,14-15H,4-5,12-13H2,1-3H3,(H,25,27). The molecule has 0 aliphatic heterocycles. The molecule has 154 valence electrons. The normalized spacial score (nSPS) is 10.3. The maximum absolute atomic E-state index is 12.1. The maximum Gasteiger partial charge on any atom is 0.300 e. The van der Waals surface area contributed by atoms with Crippen molar-refractivity contribution in [2.45, 2.75) is 13.8 Å². The quantitative estimate of drug-likeness (QED) is 0.610. The Balaban J connectivity index is 2.00. The van der Waals surface area contributed by atoms with Crippen LogP contribution in [0.4, 0.5) is 5.69 Å². The van der Waals surface area contributed by atoms with Gasteiger partial charge in [0.2, 0.25) is 0 Å². The molecule has 1 amide bonds. The zero-order chi connectivity index (χ0) is 21.2. The van der Waals surface area contributed by atoms with Gasteiger partial charge in [0.05, 0.1) is 12.1 Å². The fourth-order valence-electron chi connectivity index (χ4n) is 2.57. The second-order valence-corrected chi connectivity index (χ2v) is 6.91. The summed E-state index contributed by atoms with van der Waals surface area (Å²) in [6, 6.07) is 10.1. The van der Waals surface area contributed by atoms with Crippen molar-refractivity contribution in [1.29, 1.82) is 0 Å². The van der Waals surface area contributed by atoms with E-state index in [-0.39, 0.29) is 0 Å². The molecule has 0 bridgehead atoms. The Morgan fingerprint density at radius 1 is 1.10 bits per heavy atom. The summed E-state index contributed by atoms with van der Waals surface area (Å²) >= 11 is 11.9. The van der Waals surface area contributed by atoms with Crippen LogP contribution in [0.25, 0.3) is 0 Å². The Labute approximate surface area is 181 Å². The summed E-state index contributed by atoms with van der Waals surface area (Å²) in [5.74, 6) is 5.95. The van der Waals surface area contributed by atoms with E-state index in [1.807, 2.05) is 0 Å². The molecule has 0 saturated carbocycles. The molecule has 0 fully saturated rings. The molecule has 2 aromatic rings. The van der Waals surface area contributed by atoms with Gasteiger partial charge in [-0.3, -0.25) is 4.79 Å². The van der Waals surface area contributed by atoms with E-state index in [4.69, 9.17) is 32.7 Å². The van der Waals surface area contributed by atoms with Crippen LogP contribution in [0.3, 0.4) is 0 Å². The average Bonchev–Trinajstić information content (AvgIpc) is 2.71. The molecule has 0 heterocycles. The number of halogens is 2. The third-order valence-corrected chi connectivity index (χ3v) is 4.77. The number of nitrogens with one attached hydrogen (secondary N) is 1. The van der Waals surface area contributed by atoms with E-state index in [2.05, 4.69) is 35.9 Å². The smallest absolute Gasteiger partial charge is 0.300 e. The van der Waals surface area contributed by atoms with Crippen molar-refractivity contribution in [2.75, 3.05) is 38.7 Å². The van der Waals surface area contributed by atoms with Gasteiger partial charge >= 0.3 is 5.91 Å². The SMILES string of the molecule is CCN(CC)CCOc1ccc(NC(=O)C#Cc2ccc(Cl)cc2Cl)cc1OC. The number of benzene rings is 2. The number of rotatable bonds is 8. The minimum atomic E-state index is -0.465. The zero-order valence-corrected chi connectivity index (χ0v) is 18.2. The Morgan fingerprint density at radius 2 is 1.86 bits per heavy atom. The van der Waals surface area contributed by atoms with Gasteiger partial charge in [0.15, 0.2) is 11.5 Å². The molecule has 0 aliphatic rings. The summed E-state index contributed by atoms with van der Waals surface area (Å²) in [4.78, 5) is 14.4. The van der Waals surface area contributed by atoms with Crippen LogP contribution in [0.1, 0.15) is 19.4 Å². The Hall–Kier alpha value is -2.39. The highest BCUT2D eigenvalue weighted by atomic mass is 35.5. The zero-order valence-electron chi connectivity index (χ0n) is 16.7. The summed E-state index contributed by atoms with van der Waals surface area (Å²) in [6.07, 6.45) is 0. The molecule has 1 N–H and O–H groups in total. The third kappa shape index (κ3) is 7.17. The van der Waals surface area contributed by atoms with E-state index in [1.54, 1.807) is 43.5 Å². The molecule has 0 spiro atoms. The van der Waals surface area contributed by atoms with Crippen LogP contribution >= 0.6 is 23.2 Å². The third-order valence-electron chi connectivity index (χ3n) is 4.22. The van der Waals surface area contributed by atoms with E-state index < -0.39 is 5.91 Å². The topological polar surface area (TPSA) is 50.8 Å². The first-order valence-corrected chi connectivity index (χ1v) is 10.0. The van der Waals surface area contributed by atoms with Crippen LogP contribution in [-0.2, 0) is 4.79 Å². The molecular formula is C22H24Cl2N2O3. The first kappa shape index (κ1) is 22.9. The molecule has 0 atom stereocenters. The highest BCUT2D eigenvalue weighted by Gasteiger charge is 2.08. The maximum atomic E-state index is 12.1. The number of methoxy groups -OCH3 is 1. The lowest BCUT2D eigenvalue weighted by molar-refractivity contribution is -0.111. The lowest BCUT2D eigenvalue weighted by Gasteiger charge is -2.19. The predicted molar refractivity (Wildman–Crippen MR) is 118 cm³/mol. The minimum absolute atomic E-state index is 0.394. The summed E-state index contributed by atoms with van der Waals surface area (Å²) in [5, 5.41) is 3.62. The molecule has 2 aromatic carbocycles. The highest BCUT2D eigenvalue weighted by molar-refractivity contribution is 6.35. The Morgan fingerprint density at radius 3 is 2.52 bits per heavy atom. The number of carbonyl (C=O) groups is 1. The Bertz CT molecular complexity index is 903. The van der Waals surface area contributed by atoms with Gasteiger partial charge in [0, 0.05) is 34.8 Å². The number of ether oxygens (including phenoxy) is 2. The lowest BCUT2D eigenvalue weighted by Crippen LogP contribution is -2.27. The van der Waals surface area contributed by atoms with Gasteiger partial charge in [0.25, 0.3) is 0 Å². The number of carbonyl (C=O) groups excluding carboxylic acids is 1. The molecule has 29 heavy (non-hydrogen) atoms. The number of amides is 1. The van der Waals surface area contributed by atoms with Crippen molar-refractivity contribution in [1.82, 2.24) is 4.90 Å². The molecule has 0 radical (unpaired) electrons. The van der Waals surface area contributed by atoms with E-state index in [0.717, 1.165) is 19.6 Å². The fraction of sp³-hybridized carbons (Fsp3) is 0.318. The fourth-order valence-corrected chi connectivity index (χ4v) is 3.02. The largest absolute Gasteiger partial charge is 0.493 e. The van der Waals surface area contributed by atoms with Crippen LogP contribution in [-0.4, -0.2) is 44.2 Å². The second kappa shape index (κ2) is 11.6. The van der Waals surface area contributed by atoms with Crippen LogP contribution in [0.5, 0.6) is 11.5 Å². The molecule has 5 nitrogen and oxygen atoms in total. The van der Waals surface area contributed by atoms with Crippen molar-refractivity contribution in [3.05, 3.63) is 52.0 Å². The molecule has 0 saturated heterocycles. The summed E-state index contributed by atoms with van der Waals surface area (Å²) in [6.45, 7) is 7.57. The van der Waals surface area contributed by atoms with Crippen molar-refractivity contribution in [2.24, 2.45) is 0 Å². The van der Waals surface area contributed by atoms with Crippen LogP contribution in [0, 0.1) is 11.8 Å². The van der Waals surface area contributed by atoms with Crippen molar-refractivity contribution >= 4 is 34.8 Å². The second-order valence-electron chi connectivity index (χ2n) is 6.07. The van der Waals surface area contributed by atoms with Gasteiger partial charge in [-0.05, 0) is 43.4 Å². The summed E-state index contributed by atoms with van der Waals surface area (Å²) in [5.41, 5.74) is 1.08. The van der Waals surface area contributed by atoms with Gasteiger partial charge in [-0.15, -0.1) is 0 Å². The first-order valence-electron chi connectivity index (χ1n) is 9.28. The number of anilines is 1. The molecular weight excluding hydrogens is 411 g/mol. The number of nitrogens with zero attached hydrogens (tertiary/aromatic N) is 1. The van der Waals surface area contributed by atoms with Crippen LogP contribution in [0.2, 0.25) is 10.0 Å². The average molecular weight is 435 g/mol. The number of hydrogen-bond donors (Lipinski definition) is 1. The van der Waals surface area contributed by atoms with E-state index in [9.17, 15) is 4.79 Å². The molecule has 2 rings (SSSR count). The lowest BCUT2D eigenvalue weighted by atomic mass is 10.2. The first-order chi connectivity index (χ1) is 14.0. The van der Waals surface area contributed by atoms with Crippen molar-refractivity contribution in [3.63, 3.8) is 0 Å². The summed E-state index contributed by atoms with van der Waals surface area (Å²) in [7, 11) is 1.56. The highest BCUT2D eigenvalue weighted by Crippen LogP contribution is 2.30. The van der Waals surface area contributed by atoms with Crippen LogP contribution in [0.15, 0.2) is 36.4 Å². The number of hydrogen-bond acceptors (Lipinski definition) is 4. The van der Waals surface area contributed by atoms with E-state index >= 15 is 0 Å². The monoisotopic (exact) mass is 434 g/mol. The van der Waals surface area contributed by atoms with E-state index in [0.29, 0.717) is 39.4 Å².